The van der Waals surface area contributed by atoms with E-state index in [1.807, 2.05) is 13.8 Å². The molecule has 1 rings (SSSR count). The fourth-order valence-corrected chi connectivity index (χ4v) is 1.48. The van der Waals surface area contributed by atoms with E-state index in [0.717, 1.165) is 13.0 Å². The molecule has 1 aromatic rings. The summed E-state index contributed by atoms with van der Waals surface area (Å²) in [6.07, 6.45) is 1.48. The van der Waals surface area contributed by atoms with Crippen molar-refractivity contribution in [3.63, 3.8) is 0 Å². The molecule has 0 aromatic carbocycles. The van der Waals surface area contributed by atoms with Crippen molar-refractivity contribution in [2.75, 3.05) is 23.7 Å². The molecule has 0 fully saturated rings. The Bertz CT molecular complexity index is 463. The molecule has 1 heterocycles. The van der Waals surface area contributed by atoms with Gasteiger partial charge >= 0.3 is 5.69 Å². The van der Waals surface area contributed by atoms with Crippen LogP contribution in [0.25, 0.3) is 0 Å². The maximum atomic E-state index is 11.0. The first-order valence-corrected chi connectivity index (χ1v) is 6.75. The number of nitrogens with one attached hydrogen (secondary N) is 2. The molecule has 0 radical (unpaired) electrons. The van der Waals surface area contributed by atoms with Crippen LogP contribution < -0.4 is 10.6 Å². The summed E-state index contributed by atoms with van der Waals surface area (Å²) in [5.74, 6) is 0.751. The average molecular weight is 282 g/mol. The molecule has 0 aliphatic rings. The van der Waals surface area contributed by atoms with Gasteiger partial charge in [-0.2, -0.15) is 0 Å². The van der Waals surface area contributed by atoms with Crippen LogP contribution in [0.5, 0.6) is 0 Å². The lowest BCUT2D eigenvalue weighted by Gasteiger charge is -2.21. The van der Waals surface area contributed by atoms with Gasteiger partial charge in [-0.25, -0.2) is 4.98 Å². The molecule has 0 amide bonds. The Kier molecular flexibility index (Phi) is 5.69. The summed E-state index contributed by atoms with van der Waals surface area (Å²) in [5, 5.41) is 26.9. The third-order valence-corrected chi connectivity index (χ3v) is 3.03. The Balaban J connectivity index is 2.91. The summed E-state index contributed by atoms with van der Waals surface area (Å²) in [5.41, 5.74) is -1.03. The molecule has 1 aromatic heterocycles. The van der Waals surface area contributed by atoms with Gasteiger partial charge in [-0.05, 0) is 25.8 Å². The standard InChI is InChI=1S/C13H22N4O3/c1-4-8-14-11-7-6-10(17(19)20)12(16-11)15-9-13(3,18)5-2/h6-7,18H,4-5,8-9H2,1-3H3,(H2,14,15,16). The molecule has 1 atom stereocenters. The lowest BCUT2D eigenvalue weighted by molar-refractivity contribution is -0.384. The van der Waals surface area contributed by atoms with Gasteiger partial charge in [0.15, 0.2) is 0 Å². The number of aromatic nitrogens is 1. The number of rotatable bonds is 8. The molecule has 7 nitrogen and oxygen atoms in total. The highest BCUT2D eigenvalue weighted by molar-refractivity contribution is 5.60. The Morgan fingerprint density at radius 2 is 2.10 bits per heavy atom. The number of anilines is 2. The molecule has 0 saturated carbocycles. The third-order valence-electron chi connectivity index (χ3n) is 3.03. The minimum Gasteiger partial charge on any atom is -0.388 e. The molecule has 7 heteroatoms. The van der Waals surface area contributed by atoms with Crippen LogP contribution in [0.15, 0.2) is 12.1 Å². The summed E-state index contributed by atoms with van der Waals surface area (Å²) in [7, 11) is 0. The Labute approximate surface area is 118 Å². The summed E-state index contributed by atoms with van der Waals surface area (Å²) in [6.45, 7) is 6.50. The van der Waals surface area contributed by atoms with Gasteiger partial charge in [0.25, 0.3) is 0 Å². The van der Waals surface area contributed by atoms with E-state index in [1.54, 1.807) is 13.0 Å². The van der Waals surface area contributed by atoms with Gasteiger partial charge < -0.3 is 15.7 Å². The van der Waals surface area contributed by atoms with Gasteiger partial charge in [0.2, 0.25) is 5.82 Å². The van der Waals surface area contributed by atoms with Crippen molar-refractivity contribution in [1.29, 1.82) is 0 Å². The van der Waals surface area contributed by atoms with Crippen molar-refractivity contribution in [2.45, 2.75) is 39.2 Å². The molecule has 3 N–H and O–H groups in total. The Morgan fingerprint density at radius 3 is 2.65 bits per heavy atom. The van der Waals surface area contributed by atoms with Crippen molar-refractivity contribution < 1.29 is 10.0 Å². The van der Waals surface area contributed by atoms with Crippen molar-refractivity contribution >= 4 is 17.3 Å². The van der Waals surface area contributed by atoms with Crippen LogP contribution in [0.3, 0.4) is 0 Å². The molecule has 1 unspecified atom stereocenters. The van der Waals surface area contributed by atoms with E-state index in [2.05, 4.69) is 15.6 Å². The van der Waals surface area contributed by atoms with Crippen LogP contribution in [0.1, 0.15) is 33.6 Å². The van der Waals surface area contributed by atoms with Crippen LogP contribution in [0.4, 0.5) is 17.3 Å². The number of aliphatic hydroxyl groups is 1. The zero-order valence-corrected chi connectivity index (χ0v) is 12.1. The van der Waals surface area contributed by atoms with E-state index in [1.165, 1.54) is 6.07 Å². The lowest BCUT2D eigenvalue weighted by Crippen LogP contribution is -2.32. The quantitative estimate of drug-likeness (QED) is 0.500. The van der Waals surface area contributed by atoms with Crippen molar-refractivity contribution in [3.8, 4) is 0 Å². The van der Waals surface area contributed by atoms with Gasteiger partial charge in [0.1, 0.15) is 5.82 Å². The first-order chi connectivity index (χ1) is 9.39. The number of hydrogen-bond acceptors (Lipinski definition) is 6. The first-order valence-electron chi connectivity index (χ1n) is 6.75. The smallest absolute Gasteiger partial charge is 0.311 e. The zero-order valence-electron chi connectivity index (χ0n) is 12.1. The summed E-state index contributed by atoms with van der Waals surface area (Å²) in [4.78, 5) is 14.7. The number of nitrogens with zero attached hydrogens (tertiary/aromatic N) is 2. The molecule has 112 valence electrons. The molecule has 0 bridgehead atoms. The van der Waals surface area contributed by atoms with Gasteiger partial charge in [0, 0.05) is 19.2 Å². The van der Waals surface area contributed by atoms with E-state index in [0.29, 0.717) is 12.2 Å². The van der Waals surface area contributed by atoms with Gasteiger partial charge in [-0.3, -0.25) is 10.1 Å². The minimum absolute atomic E-state index is 0.0982. The minimum atomic E-state index is -0.928. The van der Waals surface area contributed by atoms with Crippen molar-refractivity contribution in [2.24, 2.45) is 0 Å². The third kappa shape index (κ3) is 4.65. The molecule has 0 spiro atoms. The normalized spacial score (nSPS) is 13.6. The van der Waals surface area contributed by atoms with E-state index in [9.17, 15) is 15.2 Å². The monoisotopic (exact) mass is 282 g/mol. The van der Waals surface area contributed by atoms with Crippen LogP contribution in [0, 0.1) is 10.1 Å². The highest BCUT2D eigenvalue weighted by atomic mass is 16.6. The van der Waals surface area contributed by atoms with Crippen LogP contribution in [-0.4, -0.2) is 33.7 Å². The molecule has 0 saturated heterocycles. The van der Waals surface area contributed by atoms with Crippen LogP contribution in [-0.2, 0) is 0 Å². The first kappa shape index (κ1) is 16.2. The Morgan fingerprint density at radius 1 is 1.40 bits per heavy atom. The summed E-state index contributed by atoms with van der Waals surface area (Å²) >= 11 is 0. The predicted octanol–water partition coefficient (Wildman–Crippen LogP) is 2.38. The number of nitro groups is 1. The number of pyridine rings is 1. The number of hydrogen-bond donors (Lipinski definition) is 3. The topological polar surface area (TPSA) is 100 Å². The maximum absolute atomic E-state index is 11.0. The van der Waals surface area contributed by atoms with E-state index in [4.69, 9.17) is 0 Å². The summed E-state index contributed by atoms with van der Waals surface area (Å²) < 4.78 is 0. The van der Waals surface area contributed by atoms with Crippen molar-refractivity contribution in [1.82, 2.24) is 4.98 Å². The maximum Gasteiger partial charge on any atom is 0.311 e. The van der Waals surface area contributed by atoms with E-state index < -0.39 is 10.5 Å². The zero-order chi connectivity index (χ0) is 15.2. The van der Waals surface area contributed by atoms with Crippen molar-refractivity contribution in [3.05, 3.63) is 22.2 Å². The predicted molar refractivity (Wildman–Crippen MR) is 79.1 cm³/mol. The van der Waals surface area contributed by atoms with Crippen LogP contribution >= 0.6 is 0 Å². The van der Waals surface area contributed by atoms with Crippen LogP contribution in [0.2, 0.25) is 0 Å². The average Bonchev–Trinajstić information content (AvgIpc) is 2.42. The largest absolute Gasteiger partial charge is 0.388 e. The van der Waals surface area contributed by atoms with Gasteiger partial charge in [-0.15, -0.1) is 0 Å². The second-order valence-corrected chi connectivity index (χ2v) is 4.95. The molecule has 0 aliphatic carbocycles. The molecule has 0 aliphatic heterocycles. The lowest BCUT2D eigenvalue weighted by atomic mass is 10.0. The molecule has 20 heavy (non-hydrogen) atoms. The van der Waals surface area contributed by atoms with E-state index >= 15 is 0 Å². The Hall–Kier alpha value is -1.89. The second-order valence-electron chi connectivity index (χ2n) is 4.95. The highest BCUT2D eigenvalue weighted by Crippen LogP contribution is 2.24. The molecular formula is C13H22N4O3. The summed E-state index contributed by atoms with van der Waals surface area (Å²) in [6, 6.07) is 2.99. The van der Waals surface area contributed by atoms with Gasteiger partial charge in [0.05, 0.1) is 10.5 Å². The highest BCUT2D eigenvalue weighted by Gasteiger charge is 2.21. The fraction of sp³-hybridized carbons (Fsp3) is 0.615. The second kappa shape index (κ2) is 7.04. The molecular weight excluding hydrogens is 260 g/mol. The SMILES string of the molecule is CCCNc1ccc([N+](=O)[O-])c(NCC(C)(O)CC)n1. The van der Waals surface area contributed by atoms with Gasteiger partial charge in [-0.1, -0.05) is 13.8 Å². The fourth-order valence-electron chi connectivity index (χ4n) is 1.48. The van der Waals surface area contributed by atoms with E-state index in [-0.39, 0.29) is 18.1 Å².